The molecule has 0 unspecified atom stereocenters. The molecule has 1 aliphatic rings. The first kappa shape index (κ1) is 7.43. The van der Waals surface area contributed by atoms with Gasteiger partial charge in [-0.25, -0.2) is 0 Å². The minimum absolute atomic E-state index is 0.698. The van der Waals surface area contributed by atoms with Crippen molar-refractivity contribution in [1.82, 2.24) is 4.90 Å². The van der Waals surface area contributed by atoms with Gasteiger partial charge in [-0.3, -0.25) is 4.90 Å². The summed E-state index contributed by atoms with van der Waals surface area (Å²) in [6.45, 7) is 1.91. The minimum Gasteiger partial charge on any atom is -0.397 e. The Kier molecular flexibility index (Phi) is 1.48. The topological polar surface area (TPSA) is 55.3 Å². The minimum atomic E-state index is 0.698. The summed E-state index contributed by atoms with van der Waals surface area (Å²) in [5.74, 6) is 0. The van der Waals surface area contributed by atoms with Crippen molar-refractivity contribution >= 4 is 11.4 Å². The molecule has 0 saturated carbocycles. The Morgan fingerprint density at radius 1 is 1.25 bits per heavy atom. The summed E-state index contributed by atoms with van der Waals surface area (Å²) in [5, 5.41) is 0. The molecule has 1 aromatic rings. The zero-order valence-corrected chi connectivity index (χ0v) is 7.17. The summed E-state index contributed by atoms with van der Waals surface area (Å²) in [6.07, 6.45) is 0. The first-order valence-corrected chi connectivity index (χ1v) is 4.02. The quantitative estimate of drug-likeness (QED) is 0.556. The number of hydrogen-bond acceptors (Lipinski definition) is 3. The van der Waals surface area contributed by atoms with E-state index in [2.05, 4.69) is 18.0 Å². The molecule has 0 bridgehead atoms. The van der Waals surface area contributed by atoms with Crippen LogP contribution >= 0.6 is 0 Å². The molecule has 2 rings (SSSR count). The van der Waals surface area contributed by atoms with Gasteiger partial charge in [0.1, 0.15) is 0 Å². The second-order valence-electron chi connectivity index (χ2n) is 3.38. The number of fused-ring (bicyclic) bond motifs is 1. The van der Waals surface area contributed by atoms with Crippen LogP contribution in [0.4, 0.5) is 11.4 Å². The van der Waals surface area contributed by atoms with Gasteiger partial charge in [0, 0.05) is 13.1 Å². The predicted molar refractivity (Wildman–Crippen MR) is 50.4 cm³/mol. The van der Waals surface area contributed by atoms with Crippen LogP contribution in [0.3, 0.4) is 0 Å². The van der Waals surface area contributed by atoms with E-state index >= 15 is 0 Å². The van der Waals surface area contributed by atoms with Gasteiger partial charge in [0.2, 0.25) is 0 Å². The van der Waals surface area contributed by atoms with E-state index < -0.39 is 0 Å². The molecule has 0 atom stereocenters. The average molecular weight is 163 g/mol. The smallest absolute Gasteiger partial charge is 0.0596 e. The molecule has 3 heteroatoms. The molecular formula is C9H13N3. The maximum Gasteiger partial charge on any atom is 0.0596 e. The number of nitrogens with zero attached hydrogens (tertiary/aromatic N) is 1. The lowest BCUT2D eigenvalue weighted by Crippen LogP contribution is -2.08. The Morgan fingerprint density at radius 2 is 2.00 bits per heavy atom. The molecule has 3 nitrogen and oxygen atoms in total. The third-order valence-corrected chi connectivity index (χ3v) is 2.36. The Labute approximate surface area is 72.0 Å². The van der Waals surface area contributed by atoms with Gasteiger partial charge < -0.3 is 11.5 Å². The summed E-state index contributed by atoms with van der Waals surface area (Å²) in [7, 11) is 2.08. The Morgan fingerprint density at radius 3 is 2.75 bits per heavy atom. The van der Waals surface area contributed by atoms with E-state index in [0.717, 1.165) is 18.8 Å². The van der Waals surface area contributed by atoms with Gasteiger partial charge in [0.05, 0.1) is 11.4 Å². The van der Waals surface area contributed by atoms with Crippen LogP contribution in [0.15, 0.2) is 12.1 Å². The fourth-order valence-electron chi connectivity index (χ4n) is 1.68. The predicted octanol–water partition coefficient (Wildman–Crippen LogP) is 0.796. The molecule has 12 heavy (non-hydrogen) atoms. The lowest BCUT2D eigenvalue weighted by molar-refractivity contribution is 0.353. The average Bonchev–Trinajstić information content (AvgIpc) is 2.39. The van der Waals surface area contributed by atoms with E-state index in [4.69, 9.17) is 11.5 Å². The fourth-order valence-corrected chi connectivity index (χ4v) is 1.68. The van der Waals surface area contributed by atoms with Crippen LogP contribution in [-0.4, -0.2) is 11.9 Å². The van der Waals surface area contributed by atoms with Crippen molar-refractivity contribution in [3.8, 4) is 0 Å². The summed E-state index contributed by atoms with van der Waals surface area (Å²) in [4.78, 5) is 2.22. The van der Waals surface area contributed by atoms with E-state index in [1.165, 1.54) is 11.1 Å². The van der Waals surface area contributed by atoms with Crippen molar-refractivity contribution < 1.29 is 0 Å². The van der Waals surface area contributed by atoms with E-state index in [0.29, 0.717) is 5.69 Å². The van der Waals surface area contributed by atoms with Crippen molar-refractivity contribution in [2.45, 2.75) is 13.1 Å². The molecular weight excluding hydrogens is 150 g/mol. The van der Waals surface area contributed by atoms with Crippen LogP contribution in [0.1, 0.15) is 11.1 Å². The lowest BCUT2D eigenvalue weighted by Gasteiger charge is -2.05. The van der Waals surface area contributed by atoms with Crippen LogP contribution in [0.5, 0.6) is 0 Å². The summed E-state index contributed by atoms with van der Waals surface area (Å²) in [6, 6.07) is 3.94. The molecule has 4 N–H and O–H groups in total. The number of nitrogens with two attached hydrogens (primary N) is 2. The van der Waals surface area contributed by atoms with Crippen LogP contribution in [-0.2, 0) is 13.1 Å². The van der Waals surface area contributed by atoms with Gasteiger partial charge in [-0.2, -0.15) is 0 Å². The highest BCUT2D eigenvalue weighted by Gasteiger charge is 2.18. The molecule has 0 aliphatic carbocycles. The lowest BCUT2D eigenvalue weighted by atomic mass is 10.1. The number of rotatable bonds is 0. The molecule has 64 valence electrons. The second kappa shape index (κ2) is 2.38. The Balaban J connectivity index is 2.54. The highest BCUT2D eigenvalue weighted by Crippen LogP contribution is 2.30. The van der Waals surface area contributed by atoms with Crippen molar-refractivity contribution in [2.75, 3.05) is 18.5 Å². The standard InChI is InChI=1S/C9H13N3/c1-12-4-6-2-3-8(10)9(11)7(6)5-12/h2-3H,4-5,10-11H2,1H3. The van der Waals surface area contributed by atoms with Crippen LogP contribution in [0.25, 0.3) is 0 Å². The number of hydrogen-bond donors (Lipinski definition) is 2. The van der Waals surface area contributed by atoms with Gasteiger partial charge in [0.15, 0.2) is 0 Å². The molecule has 0 amide bonds. The number of nitrogen functional groups attached to an aromatic ring is 2. The fraction of sp³-hybridized carbons (Fsp3) is 0.333. The van der Waals surface area contributed by atoms with Gasteiger partial charge in [-0.1, -0.05) is 6.07 Å². The highest BCUT2D eigenvalue weighted by molar-refractivity contribution is 5.69. The molecule has 0 fully saturated rings. The summed E-state index contributed by atoms with van der Waals surface area (Å²) in [5.41, 5.74) is 15.5. The normalized spacial score (nSPS) is 16.4. The van der Waals surface area contributed by atoms with Crippen molar-refractivity contribution in [3.63, 3.8) is 0 Å². The maximum atomic E-state index is 5.84. The summed E-state index contributed by atoms with van der Waals surface area (Å²) < 4.78 is 0. The molecule has 0 aromatic heterocycles. The summed E-state index contributed by atoms with van der Waals surface area (Å²) >= 11 is 0. The Bertz CT molecular complexity index is 320. The maximum absolute atomic E-state index is 5.84. The number of anilines is 2. The number of benzene rings is 1. The van der Waals surface area contributed by atoms with Crippen molar-refractivity contribution in [1.29, 1.82) is 0 Å². The molecule has 0 radical (unpaired) electrons. The van der Waals surface area contributed by atoms with Crippen LogP contribution < -0.4 is 11.5 Å². The van der Waals surface area contributed by atoms with E-state index in [9.17, 15) is 0 Å². The zero-order chi connectivity index (χ0) is 8.72. The molecule has 0 spiro atoms. The third-order valence-electron chi connectivity index (χ3n) is 2.36. The first-order valence-electron chi connectivity index (χ1n) is 4.02. The zero-order valence-electron chi connectivity index (χ0n) is 7.17. The van der Waals surface area contributed by atoms with Gasteiger partial charge >= 0.3 is 0 Å². The van der Waals surface area contributed by atoms with Gasteiger partial charge in [0.25, 0.3) is 0 Å². The molecule has 1 heterocycles. The van der Waals surface area contributed by atoms with E-state index in [1.807, 2.05) is 6.07 Å². The second-order valence-corrected chi connectivity index (χ2v) is 3.38. The third kappa shape index (κ3) is 0.940. The largest absolute Gasteiger partial charge is 0.397 e. The van der Waals surface area contributed by atoms with E-state index in [1.54, 1.807) is 0 Å². The first-order chi connectivity index (χ1) is 5.68. The van der Waals surface area contributed by atoms with E-state index in [-0.39, 0.29) is 0 Å². The van der Waals surface area contributed by atoms with Crippen LogP contribution in [0.2, 0.25) is 0 Å². The van der Waals surface area contributed by atoms with Gasteiger partial charge in [-0.05, 0) is 24.2 Å². The Hall–Kier alpha value is -1.22. The molecule has 1 aromatic carbocycles. The molecule has 0 saturated heterocycles. The monoisotopic (exact) mass is 163 g/mol. The van der Waals surface area contributed by atoms with Crippen LogP contribution in [0, 0.1) is 0 Å². The van der Waals surface area contributed by atoms with Gasteiger partial charge in [-0.15, -0.1) is 0 Å². The highest BCUT2D eigenvalue weighted by atomic mass is 15.1. The SMILES string of the molecule is CN1Cc2ccc(N)c(N)c2C1. The molecule has 1 aliphatic heterocycles. The van der Waals surface area contributed by atoms with Crippen molar-refractivity contribution in [2.24, 2.45) is 0 Å². The van der Waals surface area contributed by atoms with Crippen molar-refractivity contribution in [3.05, 3.63) is 23.3 Å².